The number of halogens is 1. The van der Waals surface area contributed by atoms with Gasteiger partial charge in [0.25, 0.3) is 11.6 Å². The monoisotopic (exact) mass is 401 g/mol. The second-order valence-electron chi connectivity index (χ2n) is 7.23. The summed E-state index contributed by atoms with van der Waals surface area (Å²) in [6.07, 6.45) is 2.41. The first-order chi connectivity index (χ1) is 13.8. The van der Waals surface area contributed by atoms with E-state index in [0.717, 1.165) is 24.8 Å². The Balaban J connectivity index is 1.49. The second kappa shape index (κ2) is 8.97. The first-order valence-electron chi connectivity index (χ1n) is 9.41. The predicted molar refractivity (Wildman–Crippen MR) is 108 cm³/mol. The number of nitrogens with one attached hydrogen (secondary N) is 2. The number of hydrogen-bond donors (Lipinski definition) is 3. The average Bonchev–Trinajstić information content (AvgIpc) is 3.16. The van der Waals surface area contributed by atoms with E-state index in [9.17, 15) is 19.3 Å². The quantitative estimate of drug-likeness (QED) is 0.373. The van der Waals surface area contributed by atoms with E-state index in [1.165, 1.54) is 30.3 Å². The van der Waals surface area contributed by atoms with Crippen LogP contribution in [0.3, 0.4) is 0 Å². The average molecular weight is 401 g/mol. The van der Waals surface area contributed by atoms with Gasteiger partial charge in [0.1, 0.15) is 11.5 Å². The van der Waals surface area contributed by atoms with Crippen molar-refractivity contribution in [3.05, 3.63) is 69.5 Å². The number of carbonyl (C=O) groups is 1. The van der Waals surface area contributed by atoms with E-state index in [4.69, 9.17) is 5.73 Å². The maximum atomic E-state index is 13.4. The van der Waals surface area contributed by atoms with Crippen molar-refractivity contribution in [1.29, 1.82) is 0 Å². The van der Waals surface area contributed by atoms with Gasteiger partial charge in [0, 0.05) is 37.3 Å². The molecule has 0 radical (unpaired) electrons. The van der Waals surface area contributed by atoms with E-state index < -0.39 is 4.92 Å². The predicted octanol–water partition coefficient (Wildman–Crippen LogP) is 2.78. The highest BCUT2D eigenvalue weighted by atomic mass is 19.1. The highest BCUT2D eigenvalue weighted by Gasteiger charge is 2.25. The Morgan fingerprint density at radius 2 is 2.10 bits per heavy atom. The van der Waals surface area contributed by atoms with Gasteiger partial charge in [-0.1, -0.05) is 12.1 Å². The van der Waals surface area contributed by atoms with Crippen molar-refractivity contribution in [3.8, 4) is 0 Å². The van der Waals surface area contributed by atoms with Crippen molar-refractivity contribution < 1.29 is 14.1 Å². The zero-order valence-corrected chi connectivity index (χ0v) is 16.1. The molecule has 2 atom stereocenters. The molecule has 9 heteroatoms. The van der Waals surface area contributed by atoms with Crippen LogP contribution in [-0.4, -0.2) is 35.4 Å². The van der Waals surface area contributed by atoms with E-state index in [1.807, 2.05) is 6.07 Å². The largest absolute Gasteiger partial charge is 0.393 e. The number of benzene rings is 2. The molecule has 1 heterocycles. The maximum Gasteiger partial charge on any atom is 0.292 e. The Morgan fingerprint density at radius 1 is 1.31 bits per heavy atom. The molecule has 1 aliphatic rings. The van der Waals surface area contributed by atoms with Gasteiger partial charge in [-0.05, 0) is 49.1 Å². The molecule has 154 valence electrons. The van der Waals surface area contributed by atoms with Gasteiger partial charge in [0.2, 0.25) is 0 Å². The summed E-state index contributed by atoms with van der Waals surface area (Å²) in [7, 11) is 1.67. The van der Waals surface area contributed by atoms with Crippen LogP contribution in [0.4, 0.5) is 15.8 Å². The van der Waals surface area contributed by atoms with Crippen molar-refractivity contribution in [1.82, 2.24) is 15.8 Å². The van der Waals surface area contributed by atoms with Crippen molar-refractivity contribution in [3.63, 3.8) is 0 Å². The van der Waals surface area contributed by atoms with Crippen LogP contribution in [0.25, 0.3) is 0 Å². The van der Waals surface area contributed by atoms with Gasteiger partial charge in [-0.2, -0.15) is 0 Å². The van der Waals surface area contributed by atoms with Gasteiger partial charge in [0.15, 0.2) is 0 Å². The minimum Gasteiger partial charge on any atom is -0.393 e. The van der Waals surface area contributed by atoms with Crippen LogP contribution >= 0.6 is 0 Å². The number of nitrogen functional groups attached to an aromatic ring is 1. The first kappa shape index (κ1) is 20.7. The molecule has 0 aromatic heterocycles. The Bertz CT molecular complexity index is 907. The fourth-order valence-electron chi connectivity index (χ4n) is 3.49. The number of carbonyl (C=O) groups excluding carboxylic acids is 1. The molecule has 3 rings (SSSR count). The van der Waals surface area contributed by atoms with Crippen molar-refractivity contribution >= 4 is 17.3 Å². The van der Waals surface area contributed by atoms with Crippen LogP contribution in [-0.2, 0) is 0 Å². The number of nitrogens with two attached hydrogens (primary N) is 1. The van der Waals surface area contributed by atoms with E-state index >= 15 is 0 Å². The first-order valence-corrected chi connectivity index (χ1v) is 9.41. The van der Waals surface area contributed by atoms with Crippen molar-refractivity contribution in [2.45, 2.75) is 31.3 Å². The second-order valence-corrected chi connectivity index (χ2v) is 7.23. The summed E-state index contributed by atoms with van der Waals surface area (Å²) in [5.41, 5.74) is 12.9. The van der Waals surface area contributed by atoms with Crippen LogP contribution in [0.1, 0.15) is 41.2 Å². The molecule has 2 aromatic carbocycles. The lowest BCUT2D eigenvalue weighted by molar-refractivity contribution is -0.383. The molecule has 2 aromatic rings. The van der Waals surface area contributed by atoms with E-state index in [0.29, 0.717) is 6.54 Å². The zero-order chi connectivity index (χ0) is 21.0. The minimum absolute atomic E-state index is 0.0295. The lowest BCUT2D eigenvalue weighted by atomic mass is 9.99. The molecule has 0 spiro atoms. The topological polar surface area (TPSA) is 114 Å². The molecule has 0 aliphatic carbocycles. The molecule has 0 bridgehead atoms. The summed E-state index contributed by atoms with van der Waals surface area (Å²) >= 11 is 0. The number of nitrogens with zero attached hydrogens (tertiary/aromatic N) is 2. The number of amides is 1. The lowest BCUT2D eigenvalue weighted by Crippen LogP contribution is -2.32. The normalized spacial score (nSPS) is 18.6. The van der Waals surface area contributed by atoms with Gasteiger partial charge in [-0.3, -0.25) is 25.8 Å². The molecule has 0 saturated carbocycles. The van der Waals surface area contributed by atoms with E-state index in [-0.39, 0.29) is 40.7 Å². The minimum atomic E-state index is -0.597. The SMILES string of the molecule is CN(CCCC1CC(c2cccc(F)c2)NN1)C(=O)c1ccc(N)c([N+](=O)[O-])c1. The Kier molecular flexibility index (Phi) is 6.40. The molecule has 4 N–H and O–H groups in total. The van der Waals surface area contributed by atoms with Crippen LogP contribution in [0, 0.1) is 15.9 Å². The van der Waals surface area contributed by atoms with Crippen LogP contribution < -0.4 is 16.6 Å². The number of rotatable bonds is 7. The number of hydrogen-bond acceptors (Lipinski definition) is 6. The fourth-order valence-corrected chi connectivity index (χ4v) is 3.49. The van der Waals surface area contributed by atoms with Gasteiger partial charge in [-0.15, -0.1) is 0 Å². The fraction of sp³-hybridized carbons (Fsp3) is 0.350. The lowest BCUT2D eigenvalue weighted by Gasteiger charge is -2.18. The molecule has 29 heavy (non-hydrogen) atoms. The number of hydrazine groups is 1. The number of nitro benzene ring substituents is 1. The Morgan fingerprint density at radius 3 is 2.83 bits per heavy atom. The van der Waals surface area contributed by atoms with Gasteiger partial charge in [-0.25, -0.2) is 4.39 Å². The summed E-state index contributed by atoms with van der Waals surface area (Å²) in [5, 5.41) is 11.0. The van der Waals surface area contributed by atoms with Crippen molar-refractivity contribution in [2.75, 3.05) is 19.3 Å². The summed E-state index contributed by atoms with van der Waals surface area (Å²) in [6.45, 7) is 0.514. The smallest absolute Gasteiger partial charge is 0.292 e. The van der Waals surface area contributed by atoms with Crippen LogP contribution in [0.15, 0.2) is 42.5 Å². The molecule has 2 unspecified atom stereocenters. The number of anilines is 1. The third kappa shape index (κ3) is 5.07. The third-order valence-corrected chi connectivity index (χ3v) is 5.10. The summed E-state index contributed by atoms with van der Waals surface area (Å²) < 4.78 is 13.4. The van der Waals surface area contributed by atoms with Gasteiger partial charge >= 0.3 is 0 Å². The summed E-state index contributed by atoms with van der Waals surface area (Å²) in [5.74, 6) is -0.543. The van der Waals surface area contributed by atoms with E-state index in [1.54, 1.807) is 18.0 Å². The molecular weight excluding hydrogens is 377 g/mol. The molecule has 1 saturated heterocycles. The highest BCUT2D eigenvalue weighted by molar-refractivity contribution is 5.95. The Labute approximate surface area is 168 Å². The third-order valence-electron chi connectivity index (χ3n) is 5.10. The summed E-state index contributed by atoms with van der Waals surface area (Å²) in [6, 6.07) is 10.9. The molecule has 8 nitrogen and oxygen atoms in total. The summed E-state index contributed by atoms with van der Waals surface area (Å²) in [4.78, 5) is 24.5. The maximum absolute atomic E-state index is 13.4. The Hall–Kier alpha value is -3.04. The van der Waals surface area contributed by atoms with Crippen LogP contribution in [0.5, 0.6) is 0 Å². The molecule has 1 aliphatic heterocycles. The van der Waals surface area contributed by atoms with Gasteiger partial charge < -0.3 is 10.6 Å². The van der Waals surface area contributed by atoms with Gasteiger partial charge in [0.05, 0.1) is 4.92 Å². The molecule has 1 fully saturated rings. The van der Waals surface area contributed by atoms with Crippen molar-refractivity contribution in [2.24, 2.45) is 0 Å². The number of nitro groups is 1. The van der Waals surface area contributed by atoms with E-state index in [2.05, 4.69) is 10.9 Å². The zero-order valence-electron chi connectivity index (χ0n) is 16.1. The molecular formula is C20H24FN5O3. The highest BCUT2D eigenvalue weighted by Crippen LogP contribution is 2.25. The van der Waals surface area contributed by atoms with Crippen LogP contribution in [0.2, 0.25) is 0 Å². The molecule has 1 amide bonds. The standard InChI is InChI=1S/C20H24FN5O3/c1-25(20(27)14-7-8-17(22)19(11-14)26(28)29)9-3-6-16-12-18(24-23-16)13-4-2-5-15(21)10-13/h2,4-5,7-8,10-11,16,18,23-24H,3,6,9,12,22H2,1H3.